The summed E-state index contributed by atoms with van der Waals surface area (Å²) in [6, 6.07) is 3.63. The highest BCUT2D eigenvalue weighted by Gasteiger charge is 2.10. The maximum atomic E-state index is 11.5. The number of hydrogen-bond donors (Lipinski definition) is 1. The highest BCUT2D eigenvalue weighted by molar-refractivity contribution is 7.13. The number of ether oxygens (including phenoxy) is 1. The SMILES string of the molecule is COCCONC(=O)Cc1csc(-c2ccco2)n1. The van der Waals surface area contributed by atoms with Crippen LogP contribution in [0.3, 0.4) is 0 Å². The lowest BCUT2D eigenvalue weighted by atomic mass is 10.3. The van der Waals surface area contributed by atoms with Crippen molar-refractivity contribution in [3.05, 3.63) is 29.5 Å². The molecule has 0 aromatic carbocycles. The second-order valence-electron chi connectivity index (χ2n) is 3.66. The van der Waals surface area contributed by atoms with Crippen LogP contribution in [0, 0.1) is 0 Å². The van der Waals surface area contributed by atoms with Gasteiger partial charge in [0.2, 0.25) is 5.91 Å². The third kappa shape index (κ3) is 4.16. The van der Waals surface area contributed by atoms with Crippen LogP contribution < -0.4 is 5.48 Å². The third-order valence-electron chi connectivity index (χ3n) is 2.20. The summed E-state index contributed by atoms with van der Waals surface area (Å²) in [5, 5.41) is 2.58. The second-order valence-corrected chi connectivity index (χ2v) is 4.52. The molecule has 0 aliphatic rings. The molecule has 1 N–H and O–H groups in total. The Bertz CT molecular complexity index is 510. The van der Waals surface area contributed by atoms with E-state index in [1.54, 1.807) is 19.4 Å². The number of hydroxylamine groups is 1. The number of aromatic nitrogens is 1. The predicted molar refractivity (Wildman–Crippen MR) is 69.5 cm³/mol. The summed E-state index contributed by atoms with van der Waals surface area (Å²) in [4.78, 5) is 20.8. The van der Waals surface area contributed by atoms with Gasteiger partial charge < -0.3 is 9.15 Å². The van der Waals surface area contributed by atoms with Crippen molar-refractivity contribution >= 4 is 17.2 Å². The zero-order valence-corrected chi connectivity index (χ0v) is 11.2. The van der Waals surface area contributed by atoms with Crippen molar-refractivity contribution in [2.75, 3.05) is 20.3 Å². The molecular formula is C12H14N2O4S. The van der Waals surface area contributed by atoms with Crippen LogP contribution in [0.25, 0.3) is 10.8 Å². The zero-order chi connectivity index (χ0) is 13.5. The van der Waals surface area contributed by atoms with Gasteiger partial charge in [-0.25, -0.2) is 10.5 Å². The molecule has 2 heterocycles. The van der Waals surface area contributed by atoms with Gasteiger partial charge >= 0.3 is 0 Å². The fraction of sp³-hybridized carbons (Fsp3) is 0.333. The molecular weight excluding hydrogens is 268 g/mol. The van der Waals surface area contributed by atoms with E-state index >= 15 is 0 Å². The minimum Gasteiger partial charge on any atom is -0.462 e. The van der Waals surface area contributed by atoms with Crippen molar-refractivity contribution in [2.24, 2.45) is 0 Å². The van der Waals surface area contributed by atoms with Gasteiger partial charge in [0.05, 0.1) is 31.6 Å². The summed E-state index contributed by atoms with van der Waals surface area (Å²) in [5.41, 5.74) is 3.02. The van der Waals surface area contributed by atoms with Gasteiger partial charge in [0.25, 0.3) is 0 Å². The number of nitrogens with one attached hydrogen (secondary N) is 1. The van der Waals surface area contributed by atoms with Crippen molar-refractivity contribution in [1.82, 2.24) is 10.5 Å². The number of furan rings is 1. The fourth-order valence-electron chi connectivity index (χ4n) is 1.36. The van der Waals surface area contributed by atoms with Gasteiger partial charge in [-0.05, 0) is 12.1 Å². The molecule has 0 radical (unpaired) electrons. The summed E-state index contributed by atoms with van der Waals surface area (Å²) in [6.07, 6.45) is 1.76. The molecule has 7 heteroatoms. The van der Waals surface area contributed by atoms with E-state index in [2.05, 4.69) is 10.5 Å². The van der Waals surface area contributed by atoms with Crippen LogP contribution >= 0.6 is 11.3 Å². The van der Waals surface area contributed by atoms with E-state index in [0.29, 0.717) is 24.7 Å². The van der Waals surface area contributed by atoms with E-state index in [1.807, 2.05) is 11.4 Å². The normalized spacial score (nSPS) is 10.6. The molecule has 0 aliphatic carbocycles. The van der Waals surface area contributed by atoms with E-state index < -0.39 is 0 Å². The molecule has 6 nitrogen and oxygen atoms in total. The second kappa shape index (κ2) is 7.03. The Morgan fingerprint density at radius 3 is 3.16 bits per heavy atom. The highest BCUT2D eigenvalue weighted by Crippen LogP contribution is 2.23. The molecule has 0 fully saturated rings. The monoisotopic (exact) mass is 282 g/mol. The molecule has 0 saturated carbocycles. The average molecular weight is 282 g/mol. The van der Waals surface area contributed by atoms with E-state index in [-0.39, 0.29) is 12.3 Å². The quantitative estimate of drug-likeness (QED) is 0.617. The lowest BCUT2D eigenvalue weighted by molar-refractivity contribution is -0.133. The van der Waals surface area contributed by atoms with Gasteiger partial charge in [0.15, 0.2) is 10.8 Å². The van der Waals surface area contributed by atoms with Gasteiger partial charge in [-0.3, -0.25) is 9.63 Å². The summed E-state index contributed by atoms with van der Waals surface area (Å²) >= 11 is 1.44. The predicted octanol–water partition coefficient (Wildman–Crippen LogP) is 1.64. The van der Waals surface area contributed by atoms with Gasteiger partial charge in [-0.2, -0.15) is 0 Å². The van der Waals surface area contributed by atoms with E-state index in [4.69, 9.17) is 14.0 Å². The van der Waals surface area contributed by atoms with E-state index in [1.165, 1.54) is 11.3 Å². The first-order valence-corrected chi connectivity index (χ1v) is 6.55. The third-order valence-corrected chi connectivity index (χ3v) is 3.11. The number of carbonyl (C=O) groups is 1. The van der Waals surface area contributed by atoms with Gasteiger partial charge in [-0.15, -0.1) is 11.3 Å². The molecule has 0 spiro atoms. The molecule has 2 aromatic heterocycles. The van der Waals surface area contributed by atoms with Crippen molar-refractivity contribution in [3.63, 3.8) is 0 Å². The molecule has 0 unspecified atom stereocenters. The molecule has 1 amide bonds. The molecule has 2 rings (SSSR count). The molecule has 2 aromatic rings. The van der Waals surface area contributed by atoms with Gasteiger partial charge in [0, 0.05) is 12.5 Å². The van der Waals surface area contributed by atoms with E-state index in [0.717, 1.165) is 5.01 Å². The summed E-state index contributed by atoms with van der Waals surface area (Å²) in [7, 11) is 1.57. The first kappa shape index (κ1) is 13.7. The Morgan fingerprint density at radius 2 is 2.42 bits per heavy atom. The summed E-state index contributed by atoms with van der Waals surface area (Å²) in [5.74, 6) is 0.459. The van der Waals surface area contributed by atoms with Crippen LogP contribution in [0.2, 0.25) is 0 Å². The molecule has 102 valence electrons. The highest BCUT2D eigenvalue weighted by atomic mass is 32.1. The summed E-state index contributed by atoms with van der Waals surface area (Å²) < 4.78 is 10.0. The summed E-state index contributed by atoms with van der Waals surface area (Å²) in [6.45, 7) is 0.747. The standard InChI is InChI=1S/C12H14N2O4S/c1-16-5-6-18-14-11(15)7-9-8-19-12(13-9)10-3-2-4-17-10/h2-4,8H,5-7H2,1H3,(H,14,15). The Labute approximate surface area is 114 Å². The van der Waals surface area contributed by atoms with E-state index in [9.17, 15) is 4.79 Å². The number of amides is 1. The Kier molecular flexibility index (Phi) is 5.08. The number of hydrogen-bond acceptors (Lipinski definition) is 6. The minimum absolute atomic E-state index is 0.171. The van der Waals surface area contributed by atoms with Crippen molar-refractivity contribution < 1.29 is 18.8 Å². The molecule has 19 heavy (non-hydrogen) atoms. The first-order valence-electron chi connectivity index (χ1n) is 5.67. The lowest BCUT2D eigenvalue weighted by Crippen LogP contribution is -2.27. The number of rotatable bonds is 7. The van der Waals surface area contributed by atoms with Crippen molar-refractivity contribution in [2.45, 2.75) is 6.42 Å². The maximum Gasteiger partial charge on any atom is 0.249 e. The van der Waals surface area contributed by atoms with Crippen molar-refractivity contribution in [1.29, 1.82) is 0 Å². The van der Waals surface area contributed by atoms with Crippen LogP contribution in [-0.2, 0) is 20.8 Å². The van der Waals surface area contributed by atoms with Crippen LogP contribution in [0.5, 0.6) is 0 Å². The molecule has 0 bridgehead atoms. The maximum absolute atomic E-state index is 11.5. The number of methoxy groups -OCH3 is 1. The number of nitrogens with zero attached hydrogens (tertiary/aromatic N) is 1. The zero-order valence-electron chi connectivity index (χ0n) is 10.4. The number of carbonyl (C=O) groups excluding carboxylic acids is 1. The van der Waals surface area contributed by atoms with Crippen LogP contribution in [-0.4, -0.2) is 31.2 Å². The topological polar surface area (TPSA) is 73.6 Å². The largest absolute Gasteiger partial charge is 0.462 e. The van der Waals surface area contributed by atoms with Gasteiger partial charge in [-0.1, -0.05) is 0 Å². The number of thiazole rings is 1. The van der Waals surface area contributed by atoms with Crippen LogP contribution in [0.15, 0.2) is 28.2 Å². The van der Waals surface area contributed by atoms with Crippen LogP contribution in [0.1, 0.15) is 5.69 Å². The van der Waals surface area contributed by atoms with Crippen LogP contribution in [0.4, 0.5) is 0 Å². The van der Waals surface area contributed by atoms with Gasteiger partial charge in [0.1, 0.15) is 0 Å². The lowest BCUT2D eigenvalue weighted by Gasteiger charge is -2.03. The molecule has 0 aliphatic heterocycles. The average Bonchev–Trinajstić information content (AvgIpc) is 3.04. The molecule has 0 atom stereocenters. The smallest absolute Gasteiger partial charge is 0.249 e. The Morgan fingerprint density at radius 1 is 1.53 bits per heavy atom. The molecule has 0 saturated heterocycles. The minimum atomic E-state index is -0.243. The first-order chi connectivity index (χ1) is 9.29. The fourth-order valence-corrected chi connectivity index (χ4v) is 2.14. The Balaban J connectivity index is 1.81. The Hall–Kier alpha value is -1.70. The van der Waals surface area contributed by atoms with Crippen molar-refractivity contribution in [3.8, 4) is 10.8 Å².